The van der Waals surface area contributed by atoms with Crippen molar-refractivity contribution < 1.29 is 75.7 Å². The van der Waals surface area contributed by atoms with Crippen LogP contribution < -0.4 is 0 Å². The number of esters is 4. The first-order chi connectivity index (χ1) is 27.6. The lowest BCUT2D eigenvalue weighted by molar-refractivity contribution is -0.494. The second kappa shape index (κ2) is 13.0. The van der Waals surface area contributed by atoms with E-state index in [1.165, 1.54) is 55.0 Å². The molecule has 59 heavy (non-hydrogen) atoms. The molecule has 7 aliphatic rings. The number of carbonyl (C=O) groups excluding carboxylic acids is 4. The van der Waals surface area contributed by atoms with Crippen LogP contribution >= 0.6 is 0 Å². The van der Waals surface area contributed by atoms with Crippen molar-refractivity contribution in [2.75, 3.05) is 35.5 Å². The Morgan fingerprint density at radius 1 is 0.864 bits per heavy atom. The van der Waals surface area contributed by atoms with Crippen molar-refractivity contribution >= 4 is 23.9 Å². The van der Waals surface area contributed by atoms with Crippen LogP contribution in [0.4, 0.5) is 0 Å². The summed E-state index contributed by atoms with van der Waals surface area (Å²) < 4.78 is 79.9. The molecule has 16 nitrogen and oxygen atoms in total. The summed E-state index contributed by atoms with van der Waals surface area (Å²) in [6.45, 7) is 15.9. The van der Waals surface area contributed by atoms with Crippen LogP contribution in [0.3, 0.4) is 0 Å². The highest BCUT2D eigenvalue weighted by molar-refractivity contribution is 5.92. The topological polar surface area (TPSA) is 183 Å². The van der Waals surface area contributed by atoms with E-state index in [4.69, 9.17) is 56.5 Å². The van der Waals surface area contributed by atoms with Gasteiger partial charge in [0.05, 0.1) is 43.7 Å². The van der Waals surface area contributed by atoms with Gasteiger partial charge < -0.3 is 56.5 Å². The summed E-state index contributed by atoms with van der Waals surface area (Å²) in [5.74, 6) is -7.08. The predicted octanol–water partition coefficient (Wildman–Crippen LogP) is 4.57. The molecule has 4 saturated carbocycles. The molecule has 8 rings (SSSR count). The van der Waals surface area contributed by atoms with Crippen LogP contribution in [0.1, 0.15) is 86.8 Å². The number of hydrogen-bond donors (Lipinski definition) is 0. The van der Waals surface area contributed by atoms with Gasteiger partial charge in [-0.05, 0) is 18.4 Å². The lowest BCUT2D eigenvalue weighted by atomic mass is 9.32. The maximum absolute atomic E-state index is 15.2. The molecule has 0 aromatic carbocycles. The van der Waals surface area contributed by atoms with E-state index < -0.39 is 123 Å². The molecule has 0 amide bonds. The van der Waals surface area contributed by atoms with E-state index in [2.05, 4.69) is 0 Å². The van der Waals surface area contributed by atoms with Gasteiger partial charge in [-0.1, -0.05) is 48.5 Å². The van der Waals surface area contributed by atoms with Crippen LogP contribution in [0.25, 0.3) is 0 Å². The molecular formula is C43H58O16. The van der Waals surface area contributed by atoms with Crippen molar-refractivity contribution in [2.24, 2.45) is 39.9 Å². The number of ether oxygens (including phenoxy) is 11. The molecule has 3 saturated heterocycles. The summed E-state index contributed by atoms with van der Waals surface area (Å²) in [6.07, 6.45) is -3.18. The summed E-state index contributed by atoms with van der Waals surface area (Å²) in [6, 6.07) is 1.68. The fraction of sp³-hybridized carbons (Fsp3) is 0.767. The number of furan rings is 1. The van der Waals surface area contributed by atoms with Crippen molar-refractivity contribution in [3.8, 4) is 0 Å². The summed E-state index contributed by atoms with van der Waals surface area (Å²) in [5, 5.41) is 0. The average Bonchev–Trinajstić information content (AvgIpc) is 3.86. The van der Waals surface area contributed by atoms with Crippen LogP contribution in [-0.2, 0) is 71.3 Å². The van der Waals surface area contributed by atoms with Crippen LogP contribution in [0.2, 0.25) is 0 Å². The molecule has 0 radical (unpaired) electrons. The predicted molar refractivity (Wildman–Crippen MR) is 200 cm³/mol. The van der Waals surface area contributed by atoms with Gasteiger partial charge in [0.15, 0.2) is 5.60 Å². The summed E-state index contributed by atoms with van der Waals surface area (Å²) in [4.78, 5) is 56.7. The Morgan fingerprint density at radius 2 is 1.56 bits per heavy atom. The largest absolute Gasteiger partial charge is 0.500 e. The fourth-order valence-corrected chi connectivity index (χ4v) is 14.4. The summed E-state index contributed by atoms with van der Waals surface area (Å²) in [5.41, 5.74) is -10.5. The Hall–Kier alpha value is -3.54. The number of fused-ring (bicyclic) bond motifs is 3. The Bertz CT molecular complexity index is 1980. The van der Waals surface area contributed by atoms with E-state index in [-0.39, 0.29) is 24.2 Å². The molecule has 0 N–H and O–H groups in total. The molecule has 4 heterocycles. The zero-order valence-corrected chi connectivity index (χ0v) is 36.4. The first kappa shape index (κ1) is 42.2. The molecule has 1 aromatic rings. The third-order valence-corrected chi connectivity index (χ3v) is 15.7. The van der Waals surface area contributed by atoms with Crippen LogP contribution in [0.15, 0.2) is 34.3 Å². The molecule has 7 fully saturated rings. The molecule has 3 aliphatic heterocycles. The SMILES string of the molecule is COC(=O)C[C@H]1C2(C)CC34OC5(C)OC6(C7/C(=C(/OC)C(C)C)C(=O)O[C@@H](c8ccoc8)[C@]7(C)C(OC(=O)C(C)C)[C@@H](OC)C6(O5)[C@]13C)[C@H](OC)[C@@]4(OC)C2OC(C)=O. The van der Waals surface area contributed by atoms with Crippen LogP contribution in [-0.4, -0.2) is 112 Å². The molecule has 4 bridgehead atoms. The number of allylic oxidation sites excluding steroid dienone is 1. The van der Waals surface area contributed by atoms with Crippen molar-refractivity contribution in [1.82, 2.24) is 0 Å². The highest BCUT2D eigenvalue weighted by Gasteiger charge is 3.06. The number of cyclic esters (lactones) is 1. The van der Waals surface area contributed by atoms with Crippen molar-refractivity contribution in [2.45, 2.75) is 134 Å². The van der Waals surface area contributed by atoms with Crippen LogP contribution in [0, 0.1) is 39.9 Å². The monoisotopic (exact) mass is 830 g/mol. The van der Waals surface area contributed by atoms with Crippen molar-refractivity contribution in [1.29, 1.82) is 0 Å². The Labute approximate surface area is 344 Å². The van der Waals surface area contributed by atoms with E-state index in [9.17, 15) is 14.4 Å². The Balaban J connectivity index is 1.61. The maximum atomic E-state index is 15.2. The lowest BCUT2D eigenvalue weighted by Gasteiger charge is -2.79. The van der Waals surface area contributed by atoms with Gasteiger partial charge in [0.25, 0.3) is 5.97 Å². The van der Waals surface area contributed by atoms with Gasteiger partial charge in [-0.15, -0.1) is 0 Å². The van der Waals surface area contributed by atoms with Gasteiger partial charge in [-0.3, -0.25) is 14.4 Å². The smallest absolute Gasteiger partial charge is 0.338 e. The Kier molecular flexibility index (Phi) is 9.28. The quantitative estimate of drug-likeness (QED) is 0.131. The summed E-state index contributed by atoms with van der Waals surface area (Å²) >= 11 is 0. The third-order valence-electron chi connectivity index (χ3n) is 15.7. The van der Waals surface area contributed by atoms with Gasteiger partial charge >= 0.3 is 23.9 Å². The highest BCUT2D eigenvalue weighted by Crippen LogP contribution is 2.90. The lowest BCUT2D eigenvalue weighted by Crippen LogP contribution is -2.97. The minimum Gasteiger partial charge on any atom is -0.500 e. The van der Waals surface area contributed by atoms with Crippen molar-refractivity contribution in [3.05, 3.63) is 35.5 Å². The molecule has 1 aromatic heterocycles. The zero-order chi connectivity index (χ0) is 43.3. The second-order valence-electron chi connectivity index (χ2n) is 18.8. The molecule has 8 unspecified atom stereocenters. The van der Waals surface area contributed by atoms with E-state index >= 15 is 4.79 Å². The Morgan fingerprint density at radius 3 is 2.08 bits per heavy atom. The van der Waals surface area contributed by atoms with E-state index in [1.54, 1.807) is 26.8 Å². The molecular weight excluding hydrogens is 772 g/mol. The van der Waals surface area contributed by atoms with Gasteiger partial charge in [-0.2, -0.15) is 0 Å². The minimum absolute atomic E-state index is 0.0852. The maximum Gasteiger partial charge on any atom is 0.338 e. The second-order valence-corrected chi connectivity index (χ2v) is 18.8. The number of methoxy groups -OCH3 is 5. The van der Waals surface area contributed by atoms with E-state index in [0.29, 0.717) is 5.56 Å². The van der Waals surface area contributed by atoms with E-state index in [0.717, 1.165) is 0 Å². The normalized spacial score (nSPS) is 48.1. The fourth-order valence-electron chi connectivity index (χ4n) is 14.4. The first-order valence-corrected chi connectivity index (χ1v) is 20.3. The first-order valence-electron chi connectivity index (χ1n) is 20.3. The molecule has 16 heteroatoms. The number of hydrogen-bond acceptors (Lipinski definition) is 16. The van der Waals surface area contributed by atoms with Crippen LogP contribution in [0.5, 0.6) is 0 Å². The zero-order valence-electron chi connectivity index (χ0n) is 36.4. The number of carbonyl (C=O) groups is 4. The molecule has 15 atom stereocenters. The molecule has 2 spiro atoms. The van der Waals surface area contributed by atoms with Crippen molar-refractivity contribution in [3.63, 3.8) is 0 Å². The van der Waals surface area contributed by atoms with Gasteiger partial charge in [-0.25, -0.2) is 4.79 Å². The van der Waals surface area contributed by atoms with Gasteiger partial charge in [0, 0.05) is 69.8 Å². The molecule has 326 valence electrons. The highest BCUT2D eigenvalue weighted by atomic mass is 16.9. The minimum atomic E-state index is -1.95. The van der Waals surface area contributed by atoms with Gasteiger partial charge in [0.2, 0.25) is 0 Å². The number of rotatable bonds is 11. The summed E-state index contributed by atoms with van der Waals surface area (Å²) in [7, 11) is 7.29. The van der Waals surface area contributed by atoms with Gasteiger partial charge in [0.1, 0.15) is 53.1 Å². The standard InChI is InChI=1S/C43H58O16/c1-20(2)27(49-11)26-28-37(7,29(55-33(26)47)23-15-16-53-18-23)30(56-32(46)21(3)4)31(50-12)43-38(8)24(17-25(45)48-10)36(6)19-40(38)42(52-14,34(36)54-22(5)44)35(51-13)41(28,43)58-39(9,57-40)59-43/h15-16,18,20-21,24,28-31,34-35H,17,19H2,1-14H3/b27-26-/t24-,28?,29-,30?,31+,34?,35-,36?,37+,38+,39?,40?,41?,42-,43?/m0/s1. The molecule has 4 aliphatic carbocycles. The average molecular weight is 831 g/mol. The van der Waals surface area contributed by atoms with E-state index in [1.807, 2.05) is 34.6 Å². The third kappa shape index (κ3) is 4.40.